The van der Waals surface area contributed by atoms with Gasteiger partial charge >= 0.3 is 0 Å². The molecule has 1 aromatic heterocycles. The van der Waals surface area contributed by atoms with E-state index >= 15 is 0 Å². The molecule has 0 aromatic carbocycles. The van der Waals surface area contributed by atoms with Crippen LogP contribution in [0.2, 0.25) is 0 Å². The van der Waals surface area contributed by atoms with Crippen molar-refractivity contribution in [1.82, 2.24) is 15.4 Å². The van der Waals surface area contributed by atoms with E-state index in [1.54, 1.807) is 0 Å². The molecule has 2 unspecified atom stereocenters. The molecule has 1 aliphatic heterocycles. The average Bonchev–Trinajstić information content (AvgIpc) is 2.64. The summed E-state index contributed by atoms with van der Waals surface area (Å²) in [5.41, 5.74) is 1.05. The molecular weight excluding hydrogens is 202 g/mol. The number of nitrogens with zero attached hydrogens (tertiary/aromatic N) is 2. The zero-order valence-corrected chi connectivity index (χ0v) is 10.4. The maximum atomic E-state index is 5.09. The lowest BCUT2D eigenvalue weighted by molar-refractivity contribution is 0.142. The van der Waals surface area contributed by atoms with Crippen molar-refractivity contribution in [1.29, 1.82) is 0 Å². The van der Waals surface area contributed by atoms with Crippen LogP contribution < -0.4 is 5.32 Å². The lowest BCUT2D eigenvalue weighted by Crippen LogP contribution is -2.46. The molecule has 1 aromatic rings. The Balaban J connectivity index is 1.88. The van der Waals surface area contributed by atoms with Crippen LogP contribution in [-0.4, -0.2) is 36.2 Å². The van der Waals surface area contributed by atoms with Crippen LogP contribution >= 0.6 is 0 Å². The predicted molar refractivity (Wildman–Crippen MR) is 63.1 cm³/mol. The van der Waals surface area contributed by atoms with Crippen LogP contribution in [0.25, 0.3) is 0 Å². The molecule has 2 rings (SSSR count). The number of likely N-dealkylation sites (tertiary alicyclic amines) is 1. The fraction of sp³-hybridized carbons (Fsp3) is 0.750. The van der Waals surface area contributed by atoms with Gasteiger partial charge in [0.1, 0.15) is 5.76 Å². The summed E-state index contributed by atoms with van der Waals surface area (Å²) in [5, 5.41) is 7.42. The quantitative estimate of drug-likeness (QED) is 0.841. The van der Waals surface area contributed by atoms with Crippen molar-refractivity contribution in [3.05, 3.63) is 17.5 Å². The first-order chi connectivity index (χ1) is 7.69. The van der Waals surface area contributed by atoms with Crippen molar-refractivity contribution in [2.75, 3.05) is 20.1 Å². The maximum Gasteiger partial charge on any atom is 0.133 e. The van der Waals surface area contributed by atoms with Gasteiger partial charge in [0.15, 0.2) is 0 Å². The lowest BCUT2D eigenvalue weighted by Gasteiger charge is -2.36. The van der Waals surface area contributed by atoms with Crippen molar-refractivity contribution in [3.63, 3.8) is 0 Å². The molecule has 4 nitrogen and oxygen atoms in total. The first-order valence-electron chi connectivity index (χ1n) is 6.01. The van der Waals surface area contributed by atoms with E-state index in [0.29, 0.717) is 12.0 Å². The molecule has 1 fully saturated rings. The van der Waals surface area contributed by atoms with Crippen LogP contribution in [0, 0.1) is 12.8 Å². The highest BCUT2D eigenvalue weighted by atomic mass is 16.5. The first kappa shape index (κ1) is 11.6. The van der Waals surface area contributed by atoms with Crippen LogP contribution in [0.4, 0.5) is 0 Å². The van der Waals surface area contributed by atoms with Gasteiger partial charge in [-0.15, -0.1) is 0 Å². The van der Waals surface area contributed by atoms with Crippen LogP contribution in [0.5, 0.6) is 0 Å². The Bertz CT molecular complexity index is 337. The Kier molecular flexibility index (Phi) is 3.61. The van der Waals surface area contributed by atoms with Crippen molar-refractivity contribution >= 4 is 0 Å². The minimum absolute atomic E-state index is 0.662. The van der Waals surface area contributed by atoms with E-state index in [1.807, 2.05) is 13.0 Å². The fourth-order valence-electron chi connectivity index (χ4n) is 2.53. The molecule has 90 valence electrons. The standard InChI is InChI=1S/C12H21N3O/c1-9-7-15(5-4-12(9)13-3)8-11-6-10(2)16-14-11/h6,9,12-13H,4-5,7-8H2,1-3H3. The minimum atomic E-state index is 0.662. The zero-order valence-electron chi connectivity index (χ0n) is 10.4. The molecule has 0 bridgehead atoms. The lowest BCUT2D eigenvalue weighted by atomic mass is 9.94. The van der Waals surface area contributed by atoms with Gasteiger partial charge in [-0.25, -0.2) is 0 Å². The van der Waals surface area contributed by atoms with E-state index in [2.05, 4.69) is 29.3 Å². The van der Waals surface area contributed by atoms with E-state index in [4.69, 9.17) is 4.52 Å². The van der Waals surface area contributed by atoms with Gasteiger partial charge in [0.2, 0.25) is 0 Å². The summed E-state index contributed by atoms with van der Waals surface area (Å²) in [7, 11) is 2.05. The molecule has 1 saturated heterocycles. The van der Waals surface area contributed by atoms with E-state index < -0.39 is 0 Å². The third kappa shape index (κ3) is 2.62. The molecule has 1 N–H and O–H groups in total. The van der Waals surface area contributed by atoms with Crippen molar-refractivity contribution in [2.24, 2.45) is 5.92 Å². The zero-order chi connectivity index (χ0) is 11.5. The molecule has 4 heteroatoms. The van der Waals surface area contributed by atoms with Crippen molar-refractivity contribution in [3.8, 4) is 0 Å². The third-order valence-corrected chi connectivity index (χ3v) is 3.42. The smallest absolute Gasteiger partial charge is 0.133 e. The second-order valence-electron chi connectivity index (χ2n) is 4.83. The average molecular weight is 223 g/mol. The number of nitrogens with one attached hydrogen (secondary N) is 1. The van der Waals surface area contributed by atoms with Crippen molar-refractivity contribution in [2.45, 2.75) is 32.9 Å². The third-order valence-electron chi connectivity index (χ3n) is 3.42. The Morgan fingerprint density at radius 1 is 1.62 bits per heavy atom. The van der Waals surface area contributed by atoms with Gasteiger partial charge in [0.25, 0.3) is 0 Å². The molecule has 16 heavy (non-hydrogen) atoms. The monoisotopic (exact) mass is 223 g/mol. The number of aryl methyl sites for hydroxylation is 1. The summed E-state index contributed by atoms with van der Waals surface area (Å²) in [4.78, 5) is 2.45. The molecule has 0 aliphatic carbocycles. The number of rotatable bonds is 3. The Hall–Kier alpha value is -0.870. The summed E-state index contributed by atoms with van der Waals surface area (Å²) >= 11 is 0. The second kappa shape index (κ2) is 4.97. The van der Waals surface area contributed by atoms with Crippen LogP contribution in [0.3, 0.4) is 0 Å². The molecular formula is C12H21N3O. The van der Waals surface area contributed by atoms with E-state index in [9.17, 15) is 0 Å². The van der Waals surface area contributed by atoms with Gasteiger partial charge in [-0.05, 0) is 26.3 Å². The molecule has 0 saturated carbocycles. The van der Waals surface area contributed by atoms with E-state index in [1.165, 1.54) is 6.42 Å². The maximum absolute atomic E-state index is 5.09. The number of hydrogen-bond donors (Lipinski definition) is 1. The van der Waals surface area contributed by atoms with Crippen LogP contribution in [0.15, 0.2) is 10.6 Å². The normalized spacial score (nSPS) is 27.2. The molecule has 1 aliphatic rings. The SMILES string of the molecule is CNC1CCN(Cc2cc(C)on2)CC1C. The van der Waals surface area contributed by atoms with Gasteiger partial charge in [0.05, 0.1) is 5.69 Å². The summed E-state index contributed by atoms with van der Waals surface area (Å²) in [6, 6.07) is 2.68. The van der Waals surface area contributed by atoms with Gasteiger partial charge in [0, 0.05) is 31.7 Å². The Morgan fingerprint density at radius 2 is 2.44 bits per heavy atom. The van der Waals surface area contributed by atoms with Crippen LogP contribution in [-0.2, 0) is 6.54 Å². The molecule has 0 amide bonds. The highest BCUT2D eigenvalue weighted by molar-refractivity contribution is 5.03. The van der Waals surface area contributed by atoms with Crippen LogP contribution in [0.1, 0.15) is 24.8 Å². The van der Waals surface area contributed by atoms with E-state index in [0.717, 1.165) is 31.1 Å². The summed E-state index contributed by atoms with van der Waals surface area (Å²) in [5.74, 6) is 1.60. The van der Waals surface area contributed by atoms with Gasteiger partial charge in [-0.1, -0.05) is 12.1 Å². The molecule has 2 atom stereocenters. The summed E-state index contributed by atoms with van der Waals surface area (Å²) in [6.07, 6.45) is 1.22. The second-order valence-corrected chi connectivity index (χ2v) is 4.83. The summed E-state index contributed by atoms with van der Waals surface area (Å²) < 4.78 is 5.09. The molecule has 2 heterocycles. The topological polar surface area (TPSA) is 41.3 Å². The molecule has 0 spiro atoms. The van der Waals surface area contributed by atoms with Gasteiger partial charge in [-0.2, -0.15) is 0 Å². The predicted octanol–water partition coefficient (Wildman–Crippen LogP) is 1.41. The van der Waals surface area contributed by atoms with Crippen molar-refractivity contribution < 1.29 is 4.52 Å². The minimum Gasteiger partial charge on any atom is -0.361 e. The highest BCUT2D eigenvalue weighted by Gasteiger charge is 2.25. The fourth-order valence-corrected chi connectivity index (χ4v) is 2.53. The Morgan fingerprint density at radius 3 is 3.00 bits per heavy atom. The number of piperidine rings is 1. The highest BCUT2D eigenvalue weighted by Crippen LogP contribution is 2.18. The Labute approximate surface area is 97.0 Å². The number of aromatic nitrogens is 1. The van der Waals surface area contributed by atoms with Gasteiger partial charge < -0.3 is 9.84 Å². The number of hydrogen-bond acceptors (Lipinski definition) is 4. The molecule has 0 radical (unpaired) electrons. The summed E-state index contributed by atoms with van der Waals surface area (Å²) in [6.45, 7) is 7.44. The van der Waals surface area contributed by atoms with Gasteiger partial charge in [-0.3, -0.25) is 4.90 Å². The largest absolute Gasteiger partial charge is 0.361 e. The van der Waals surface area contributed by atoms with E-state index in [-0.39, 0.29) is 0 Å². The first-order valence-corrected chi connectivity index (χ1v) is 6.01.